The van der Waals surface area contributed by atoms with Crippen LogP contribution in [0, 0.1) is 0 Å². The smallest absolute Gasteiger partial charge is 0.305 e. The first kappa shape index (κ1) is 13.4. The van der Waals surface area contributed by atoms with Crippen molar-refractivity contribution in [1.29, 1.82) is 0 Å². The third kappa shape index (κ3) is 2.78. The number of likely N-dealkylation sites (tertiary alicyclic amines) is 1. The fourth-order valence-corrected chi connectivity index (χ4v) is 3.52. The maximum absolute atomic E-state index is 11.7. The second-order valence-electron chi connectivity index (χ2n) is 5.03. The van der Waals surface area contributed by atoms with Gasteiger partial charge in [-0.1, -0.05) is 23.5 Å². The van der Waals surface area contributed by atoms with E-state index in [1.165, 1.54) is 24.2 Å². The summed E-state index contributed by atoms with van der Waals surface area (Å²) in [5.41, 5.74) is 1.95. The molecule has 0 saturated carbocycles. The maximum Gasteiger partial charge on any atom is 0.305 e. The topological polar surface area (TPSA) is 45.3 Å². The number of methoxy groups -OCH3 is 1. The molecule has 106 valence electrons. The molecule has 0 amide bonds. The maximum atomic E-state index is 11.7. The van der Waals surface area contributed by atoms with Crippen LogP contribution in [0.3, 0.4) is 0 Å². The Kier molecular flexibility index (Phi) is 3.89. The van der Waals surface area contributed by atoms with Gasteiger partial charge >= 0.3 is 4.87 Å². The molecular formula is C15H18N2O2S. The zero-order valence-electron chi connectivity index (χ0n) is 11.5. The lowest BCUT2D eigenvalue weighted by Crippen LogP contribution is -2.18. The van der Waals surface area contributed by atoms with Crippen molar-refractivity contribution in [3.8, 4) is 17.0 Å². The van der Waals surface area contributed by atoms with Gasteiger partial charge in [-0.25, -0.2) is 0 Å². The van der Waals surface area contributed by atoms with Gasteiger partial charge in [0.2, 0.25) is 0 Å². The van der Waals surface area contributed by atoms with Crippen LogP contribution in [0.2, 0.25) is 0 Å². The average molecular weight is 290 g/mol. The number of nitrogens with zero attached hydrogens (tertiary/aromatic N) is 1. The van der Waals surface area contributed by atoms with Gasteiger partial charge in [0, 0.05) is 17.0 Å². The molecule has 1 aliphatic rings. The Balaban J connectivity index is 1.93. The molecular weight excluding hydrogens is 272 g/mol. The van der Waals surface area contributed by atoms with E-state index in [0.717, 1.165) is 41.5 Å². The zero-order chi connectivity index (χ0) is 13.9. The molecule has 3 rings (SSSR count). The molecule has 2 aromatic rings. The number of rotatable bonds is 4. The van der Waals surface area contributed by atoms with Crippen LogP contribution in [-0.2, 0) is 6.54 Å². The zero-order valence-corrected chi connectivity index (χ0v) is 12.3. The van der Waals surface area contributed by atoms with Crippen LogP contribution in [0.5, 0.6) is 5.75 Å². The van der Waals surface area contributed by atoms with E-state index in [1.54, 1.807) is 7.11 Å². The molecule has 1 fully saturated rings. The monoisotopic (exact) mass is 290 g/mol. The second-order valence-corrected chi connectivity index (χ2v) is 6.10. The summed E-state index contributed by atoms with van der Waals surface area (Å²) < 4.78 is 5.26. The summed E-state index contributed by atoms with van der Waals surface area (Å²) in [6.07, 6.45) is 2.52. The Morgan fingerprint density at radius 1 is 1.35 bits per heavy atom. The van der Waals surface area contributed by atoms with Gasteiger partial charge in [-0.3, -0.25) is 9.69 Å². The van der Waals surface area contributed by atoms with Crippen LogP contribution in [0.15, 0.2) is 29.1 Å². The van der Waals surface area contributed by atoms with E-state index in [0.29, 0.717) is 0 Å². The first-order valence-corrected chi connectivity index (χ1v) is 7.66. The molecule has 0 bridgehead atoms. The van der Waals surface area contributed by atoms with Crippen molar-refractivity contribution in [2.24, 2.45) is 0 Å². The molecule has 1 aromatic carbocycles. The lowest BCUT2D eigenvalue weighted by Gasteiger charge is -2.14. The third-order valence-corrected chi connectivity index (χ3v) is 4.51. The highest BCUT2D eigenvalue weighted by Crippen LogP contribution is 2.28. The van der Waals surface area contributed by atoms with Crippen LogP contribution < -0.4 is 9.61 Å². The largest absolute Gasteiger partial charge is 0.497 e. The fraction of sp³-hybridized carbons (Fsp3) is 0.400. The number of nitrogens with one attached hydrogen (secondary N) is 1. The van der Waals surface area contributed by atoms with Crippen molar-refractivity contribution >= 4 is 11.3 Å². The Morgan fingerprint density at radius 3 is 2.90 bits per heavy atom. The van der Waals surface area contributed by atoms with Crippen molar-refractivity contribution < 1.29 is 4.74 Å². The summed E-state index contributed by atoms with van der Waals surface area (Å²) in [6, 6.07) is 7.83. The van der Waals surface area contributed by atoms with E-state index < -0.39 is 0 Å². The Bertz CT molecular complexity index is 641. The average Bonchev–Trinajstić information content (AvgIpc) is 3.09. The molecule has 5 heteroatoms. The van der Waals surface area contributed by atoms with Gasteiger partial charge in [-0.2, -0.15) is 0 Å². The molecule has 1 aromatic heterocycles. The summed E-state index contributed by atoms with van der Waals surface area (Å²) in [7, 11) is 1.65. The van der Waals surface area contributed by atoms with Gasteiger partial charge < -0.3 is 9.72 Å². The van der Waals surface area contributed by atoms with E-state index in [-0.39, 0.29) is 4.87 Å². The van der Waals surface area contributed by atoms with E-state index in [1.807, 2.05) is 24.3 Å². The minimum Gasteiger partial charge on any atom is -0.497 e. The van der Waals surface area contributed by atoms with Gasteiger partial charge in [0.05, 0.1) is 12.8 Å². The van der Waals surface area contributed by atoms with Crippen molar-refractivity contribution in [2.45, 2.75) is 19.4 Å². The summed E-state index contributed by atoms with van der Waals surface area (Å²) in [5.74, 6) is 0.807. The lowest BCUT2D eigenvalue weighted by atomic mass is 10.1. The number of ether oxygens (including phenoxy) is 1. The number of thiazole rings is 1. The number of aromatic amines is 1. The molecule has 0 unspecified atom stereocenters. The van der Waals surface area contributed by atoms with Crippen LogP contribution in [-0.4, -0.2) is 30.1 Å². The molecule has 4 nitrogen and oxygen atoms in total. The Labute approximate surface area is 122 Å². The summed E-state index contributed by atoms with van der Waals surface area (Å²) in [5, 5.41) is 0. The van der Waals surface area contributed by atoms with Gasteiger partial charge in [-0.05, 0) is 38.1 Å². The molecule has 0 radical (unpaired) electrons. The van der Waals surface area contributed by atoms with Crippen molar-refractivity contribution in [3.05, 3.63) is 38.8 Å². The van der Waals surface area contributed by atoms with E-state index in [4.69, 9.17) is 4.74 Å². The molecule has 2 heterocycles. The van der Waals surface area contributed by atoms with Gasteiger partial charge in [0.15, 0.2) is 0 Å². The number of hydrogen-bond acceptors (Lipinski definition) is 4. The molecule has 0 atom stereocenters. The van der Waals surface area contributed by atoms with Crippen molar-refractivity contribution in [2.75, 3.05) is 20.2 Å². The SMILES string of the molecule is COc1cccc(-c2[nH]c(=O)sc2CN2CCCC2)c1. The van der Waals surface area contributed by atoms with Gasteiger partial charge in [0.25, 0.3) is 0 Å². The first-order valence-electron chi connectivity index (χ1n) is 6.85. The predicted octanol–water partition coefficient (Wildman–Crippen LogP) is 2.71. The standard InChI is InChI=1S/C15H18N2O2S/c1-19-12-6-4-5-11(9-12)14-13(20-15(18)16-14)10-17-7-2-3-8-17/h4-6,9H,2-3,7-8,10H2,1H3,(H,16,18). The Hall–Kier alpha value is -1.59. The fourth-order valence-electron chi connectivity index (χ4n) is 2.63. The van der Waals surface area contributed by atoms with Crippen molar-refractivity contribution in [1.82, 2.24) is 9.88 Å². The minimum absolute atomic E-state index is 0.0111. The van der Waals surface area contributed by atoms with Crippen LogP contribution in [0.4, 0.5) is 0 Å². The normalized spacial score (nSPS) is 15.7. The quantitative estimate of drug-likeness (QED) is 0.941. The molecule has 1 aliphatic heterocycles. The van der Waals surface area contributed by atoms with Crippen LogP contribution >= 0.6 is 11.3 Å². The first-order chi connectivity index (χ1) is 9.76. The summed E-state index contributed by atoms with van der Waals surface area (Å²) in [6.45, 7) is 3.11. The van der Waals surface area contributed by atoms with Gasteiger partial charge in [0.1, 0.15) is 5.75 Å². The predicted molar refractivity (Wildman–Crippen MR) is 81.4 cm³/mol. The summed E-state index contributed by atoms with van der Waals surface area (Å²) in [4.78, 5) is 18.2. The van der Waals surface area contributed by atoms with E-state index in [9.17, 15) is 4.79 Å². The van der Waals surface area contributed by atoms with Crippen molar-refractivity contribution in [3.63, 3.8) is 0 Å². The number of hydrogen-bond donors (Lipinski definition) is 1. The number of aromatic nitrogens is 1. The molecule has 0 aliphatic carbocycles. The minimum atomic E-state index is 0.0111. The van der Waals surface area contributed by atoms with Crippen LogP contribution in [0.1, 0.15) is 17.7 Å². The number of H-pyrrole nitrogens is 1. The van der Waals surface area contributed by atoms with E-state index >= 15 is 0 Å². The molecule has 1 saturated heterocycles. The molecule has 0 spiro atoms. The third-order valence-electron chi connectivity index (χ3n) is 3.65. The second kappa shape index (κ2) is 5.81. The van der Waals surface area contributed by atoms with Gasteiger partial charge in [-0.15, -0.1) is 0 Å². The molecule has 1 N–H and O–H groups in total. The van der Waals surface area contributed by atoms with E-state index in [2.05, 4.69) is 9.88 Å². The lowest BCUT2D eigenvalue weighted by molar-refractivity contribution is 0.334. The Morgan fingerprint density at radius 2 is 2.15 bits per heavy atom. The van der Waals surface area contributed by atoms with Crippen LogP contribution in [0.25, 0.3) is 11.3 Å². The highest BCUT2D eigenvalue weighted by molar-refractivity contribution is 7.09. The highest BCUT2D eigenvalue weighted by Gasteiger charge is 2.17. The number of benzene rings is 1. The summed E-state index contributed by atoms with van der Waals surface area (Å²) >= 11 is 1.32. The molecule has 20 heavy (non-hydrogen) atoms. The highest BCUT2D eigenvalue weighted by atomic mass is 32.1.